The first-order valence-corrected chi connectivity index (χ1v) is 10.2. The Balaban J connectivity index is 1.54. The van der Waals surface area contributed by atoms with E-state index in [1.165, 1.54) is 44.3 Å². The van der Waals surface area contributed by atoms with Gasteiger partial charge in [-0.15, -0.1) is 0 Å². The largest absolute Gasteiger partial charge is 0.332 e. The molecule has 0 atom stereocenters. The molecule has 3 rings (SSSR count). The van der Waals surface area contributed by atoms with Gasteiger partial charge in [0.15, 0.2) is 0 Å². The molecule has 144 valence electrons. The SMILES string of the molecule is CC(C)(C)N(Cc1ccccc1)C(=O)CN1CCC(N2CCCC2)CC1. The first-order valence-electron chi connectivity index (χ1n) is 10.2. The molecule has 0 aliphatic carbocycles. The third kappa shape index (κ3) is 5.08. The molecule has 4 heteroatoms. The smallest absolute Gasteiger partial charge is 0.237 e. The summed E-state index contributed by atoms with van der Waals surface area (Å²) in [6.45, 7) is 12.3. The Morgan fingerprint density at radius 1 is 1.04 bits per heavy atom. The van der Waals surface area contributed by atoms with Crippen molar-refractivity contribution in [1.29, 1.82) is 0 Å². The fourth-order valence-electron chi connectivity index (χ4n) is 4.29. The number of benzene rings is 1. The molecule has 1 aromatic rings. The summed E-state index contributed by atoms with van der Waals surface area (Å²) in [5.74, 6) is 0.251. The summed E-state index contributed by atoms with van der Waals surface area (Å²) in [6.07, 6.45) is 5.14. The Bertz CT molecular complexity index is 567. The van der Waals surface area contributed by atoms with Crippen molar-refractivity contribution in [2.24, 2.45) is 0 Å². The van der Waals surface area contributed by atoms with E-state index in [4.69, 9.17) is 0 Å². The van der Waals surface area contributed by atoms with Gasteiger partial charge in [0.05, 0.1) is 6.54 Å². The second-order valence-corrected chi connectivity index (χ2v) is 8.89. The maximum atomic E-state index is 13.1. The number of likely N-dealkylation sites (tertiary alicyclic amines) is 2. The number of hydrogen-bond acceptors (Lipinski definition) is 3. The maximum Gasteiger partial charge on any atom is 0.237 e. The van der Waals surface area contributed by atoms with E-state index in [2.05, 4.69) is 42.7 Å². The first-order chi connectivity index (χ1) is 12.4. The molecule has 2 aliphatic heterocycles. The van der Waals surface area contributed by atoms with Crippen molar-refractivity contribution < 1.29 is 4.79 Å². The second kappa shape index (κ2) is 8.53. The van der Waals surface area contributed by atoms with Gasteiger partial charge < -0.3 is 9.80 Å². The number of piperidine rings is 1. The molecular weight excluding hydrogens is 322 g/mol. The minimum absolute atomic E-state index is 0.166. The van der Waals surface area contributed by atoms with Crippen LogP contribution in [0.25, 0.3) is 0 Å². The lowest BCUT2D eigenvalue weighted by atomic mass is 10.0. The summed E-state index contributed by atoms with van der Waals surface area (Å²) in [5.41, 5.74) is 1.03. The van der Waals surface area contributed by atoms with E-state index in [1.54, 1.807) is 0 Å². The van der Waals surface area contributed by atoms with E-state index in [0.29, 0.717) is 13.1 Å². The molecule has 26 heavy (non-hydrogen) atoms. The summed E-state index contributed by atoms with van der Waals surface area (Å²) in [6, 6.07) is 11.1. The lowest BCUT2D eigenvalue weighted by Gasteiger charge is -2.40. The fourth-order valence-corrected chi connectivity index (χ4v) is 4.29. The van der Waals surface area contributed by atoms with Crippen LogP contribution in [0.4, 0.5) is 0 Å². The molecule has 0 spiro atoms. The zero-order chi connectivity index (χ0) is 18.6. The zero-order valence-corrected chi connectivity index (χ0v) is 16.8. The molecule has 4 nitrogen and oxygen atoms in total. The molecule has 0 unspecified atom stereocenters. The van der Waals surface area contributed by atoms with Crippen LogP contribution in [-0.4, -0.2) is 64.9 Å². The van der Waals surface area contributed by atoms with Crippen molar-refractivity contribution in [3.63, 3.8) is 0 Å². The summed E-state index contributed by atoms with van der Waals surface area (Å²) < 4.78 is 0. The van der Waals surface area contributed by atoms with Crippen molar-refractivity contribution in [1.82, 2.24) is 14.7 Å². The minimum atomic E-state index is -0.166. The molecule has 0 bridgehead atoms. The van der Waals surface area contributed by atoms with Crippen LogP contribution in [0.15, 0.2) is 30.3 Å². The Morgan fingerprint density at radius 3 is 2.23 bits per heavy atom. The number of amides is 1. The van der Waals surface area contributed by atoms with Crippen LogP contribution in [-0.2, 0) is 11.3 Å². The van der Waals surface area contributed by atoms with E-state index in [9.17, 15) is 4.79 Å². The van der Waals surface area contributed by atoms with Gasteiger partial charge in [-0.3, -0.25) is 9.69 Å². The van der Waals surface area contributed by atoms with E-state index < -0.39 is 0 Å². The zero-order valence-electron chi connectivity index (χ0n) is 16.8. The molecule has 2 aliphatic rings. The third-order valence-corrected chi connectivity index (χ3v) is 5.87. The average Bonchev–Trinajstić information content (AvgIpc) is 3.15. The maximum absolute atomic E-state index is 13.1. The fraction of sp³-hybridized carbons (Fsp3) is 0.682. The molecule has 0 N–H and O–H groups in total. The Kier molecular flexibility index (Phi) is 6.36. The highest BCUT2D eigenvalue weighted by Crippen LogP contribution is 2.22. The molecule has 1 aromatic carbocycles. The summed E-state index contributed by atoms with van der Waals surface area (Å²) >= 11 is 0. The lowest BCUT2D eigenvalue weighted by Crippen LogP contribution is -2.51. The van der Waals surface area contributed by atoms with Crippen LogP contribution in [0.3, 0.4) is 0 Å². The predicted octanol–water partition coefficient (Wildman–Crippen LogP) is 3.37. The quantitative estimate of drug-likeness (QED) is 0.808. The van der Waals surface area contributed by atoms with Crippen LogP contribution >= 0.6 is 0 Å². The standard InChI is InChI=1S/C22H35N3O/c1-22(2,3)25(17-19-9-5-4-6-10-19)21(26)18-23-15-11-20(12-16-23)24-13-7-8-14-24/h4-6,9-10,20H,7-8,11-18H2,1-3H3. The topological polar surface area (TPSA) is 26.8 Å². The van der Waals surface area contributed by atoms with Gasteiger partial charge in [-0.05, 0) is 65.1 Å². The summed E-state index contributed by atoms with van der Waals surface area (Å²) in [5, 5.41) is 0. The molecule has 0 radical (unpaired) electrons. The molecule has 2 fully saturated rings. The van der Waals surface area contributed by atoms with Crippen molar-refractivity contribution in [3.05, 3.63) is 35.9 Å². The highest BCUT2D eigenvalue weighted by molar-refractivity contribution is 5.79. The van der Waals surface area contributed by atoms with Gasteiger partial charge in [0.2, 0.25) is 5.91 Å². The van der Waals surface area contributed by atoms with Crippen LogP contribution < -0.4 is 0 Å². The number of rotatable bonds is 5. The lowest BCUT2D eigenvalue weighted by molar-refractivity contribution is -0.138. The molecule has 2 saturated heterocycles. The number of nitrogens with zero attached hydrogens (tertiary/aromatic N) is 3. The van der Waals surface area contributed by atoms with Crippen LogP contribution in [0.2, 0.25) is 0 Å². The third-order valence-electron chi connectivity index (χ3n) is 5.87. The Labute approximate surface area is 159 Å². The van der Waals surface area contributed by atoms with Gasteiger partial charge in [-0.2, -0.15) is 0 Å². The molecular formula is C22H35N3O. The van der Waals surface area contributed by atoms with E-state index in [1.807, 2.05) is 23.1 Å². The Morgan fingerprint density at radius 2 is 1.65 bits per heavy atom. The monoisotopic (exact) mass is 357 g/mol. The van der Waals surface area contributed by atoms with Crippen LogP contribution in [0.1, 0.15) is 52.0 Å². The van der Waals surface area contributed by atoms with Crippen LogP contribution in [0.5, 0.6) is 0 Å². The number of hydrogen-bond donors (Lipinski definition) is 0. The van der Waals surface area contributed by atoms with Gasteiger partial charge in [-0.1, -0.05) is 30.3 Å². The predicted molar refractivity (Wildman–Crippen MR) is 107 cm³/mol. The van der Waals surface area contributed by atoms with Gasteiger partial charge in [0.1, 0.15) is 0 Å². The summed E-state index contributed by atoms with van der Waals surface area (Å²) in [4.78, 5) is 20.1. The molecule has 2 heterocycles. The van der Waals surface area contributed by atoms with Crippen molar-refractivity contribution in [2.45, 2.75) is 64.6 Å². The summed E-state index contributed by atoms with van der Waals surface area (Å²) in [7, 11) is 0. The van der Waals surface area contributed by atoms with E-state index in [-0.39, 0.29) is 11.4 Å². The molecule has 0 saturated carbocycles. The normalized spacial score (nSPS) is 20.4. The van der Waals surface area contributed by atoms with Gasteiger partial charge in [-0.25, -0.2) is 0 Å². The Hall–Kier alpha value is -1.39. The highest BCUT2D eigenvalue weighted by atomic mass is 16.2. The molecule has 1 amide bonds. The van der Waals surface area contributed by atoms with Crippen molar-refractivity contribution in [2.75, 3.05) is 32.7 Å². The van der Waals surface area contributed by atoms with Crippen molar-refractivity contribution in [3.8, 4) is 0 Å². The van der Waals surface area contributed by atoms with E-state index in [0.717, 1.165) is 19.1 Å². The highest BCUT2D eigenvalue weighted by Gasteiger charge is 2.30. The van der Waals surface area contributed by atoms with Gasteiger partial charge in [0.25, 0.3) is 0 Å². The number of carbonyl (C=O) groups excluding carboxylic acids is 1. The second-order valence-electron chi connectivity index (χ2n) is 8.89. The average molecular weight is 358 g/mol. The number of carbonyl (C=O) groups is 1. The van der Waals surface area contributed by atoms with Gasteiger partial charge >= 0.3 is 0 Å². The first kappa shape index (κ1) is 19.4. The van der Waals surface area contributed by atoms with Crippen LogP contribution in [0, 0.1) is 0 Å². The molecule has 0 aromatic heterocycles. The minimum Gasteiger partial charge on any atom is -0.332 e. The van der Waals surface area contributed by atoms with E-state index >= 15 is 0 Å². The van der Waals surface area contributed by atoms with Gasteiger partial charge in [0, 0.05) is 31.2 Å². The van der Waals surface area contributed by atoms with Crippen molar-refractivity contribution >= 4 is 5.91 Å².